The summed E-state index contributed by atoms with van der Waals surface area (Å²) >= 11 is 0. The molecule has 1 rings (SSSR count). The molecule has 0 aliphatic rings. The van der Waals surface area contributed by atoms with Crippen molar-refractivity contribution in [2.24, 2.45) is 0 Å². The Morgan fingerprint density at radius 3 is 2.50 bits per heavy atom. The van der Waals surface area contributed by atoms with Crippen molar-refractivity contribution in [2.45, 2.75) is 32.9 Å². The minimum Gasteiger partial charge on any atom is -0.493 e. The molecule has 0 aliphatic carbocycles. The normalized spacial score (nSPS) is 11.4. The number of aliphatic hydroxyl groups excluding tert-OH is 1. The van der Waals surface area contributed by atoms with E-state index >= 15 is 0 Å². The molecule has 0 aromatic heterocycles. The second-order valence-corrected chi connectivity index (χ2v) is 5.16. The number of rotatable bonds is 6. The van der Waals surface area contributed by atoms with Gasteiger partial charge in [0.25, 0.3) is 0 Å². The van der Waals surface area contributed by atoms with Crippen molar-refractivity contribution in [2.75, 3.05) is 20.3 Å². The molecule has 102 valence electrons. The lowest BCUT2D eigenvalue weighted by Crippen LogP contribution is -2.35. The van der Waals surface area contributed by atoms with Gasteiger partial charge in [0.05, 0.1) is 13.7 Å². The van der Waals surface area contributed by atoms with E-state index in [0.29, 0.717) is 11.5 Å². The number of ether oxygens (including phenoxy) is 2. The molecule has 0 fully saturated rings. The first kappa shape index (κ1) is 14.8. The Kier molecular flexibility index (Phi) is 5.44. The zero-order chi connectivity index (χ0) is 13.6. The van der Waals surface area contributed by atoms with Crippen LogP contribution in [-0.2, 0) is 6.54 Å². The number of hydrogen-bond acceptors (Lipinski definition) is 4. The van der Waals surface area contributed by atoms with E-state index in [9.17, 15) is 0 Å². The largest absolute Gasteiger partial charge is 0.493 e. The van der Waals surface area contributed by atoms with Gasteiger partial charge in [0.1, 0.15) is 6.61 Å². The molecule has 0 atom stereocenters. The van der Waals surface area contributed by atoms with Crippen LogP contribution in [0, 0.1) is 0 Å². The van der Waals surface area contributed by atoms with Crippen LogP contribution in [0.5, 0.6) is 11.5 Å². The third kappa shape index (κ3) is 4.94. The molecular weight excluding hydrogens is 230 g/mol. The molecule has 1 aromatic carbocycles. The average molecular weight is 253 g/mol. The number of benzene rings is 1. The molecule has 4 heteroatoms. The quantitative estimate of drug-likeness (QED) is 0.813. The maximum absolute atomic E-state index is 8.74. The second-order valence-electron chi connectivity index (χ2n) is 5.16. The first-order chi connectivity index (χ1) is 8.46. The summed E-state index contributed by atoms with van der Waals surface area (Å²) in [6.45, 7) is 7.43. The van der Waals surface area contributed by atoms with Crippen molar-refractivity contribution < 1.29 is 14.6 Å². The molecule has 0 bridgehead atoms. The lowest BCUT2D eigenvalue weighted by atomic mass is 10.1. The fraction of sp³-hybridized carbons (Fsp3) is 0.571. The van der Waals surface area contributed by atoms with Gasteiger partial charge in [-0.25, -0.2) is 0 Å². The van der Waals surface area contributed by atoms with Crippen molar-refractivity contribution in [1.29, 1.82) is 0 Å². The van der Waals surface area contributed by atoms with E-state index < -0.39 is 0 Å². The van der Waals surface area contributed by atoms with Gasteiger partial charge >= 0.3 is 0 Å². The molecule has 0 unspecified atom stereocenters. The third-order valence-corrected chi connectivity index (χ3v) is 2.40. The first-order valence-electron chi connectivity index (χ1n) is 6.12. The molecule has 0 spiro atoms. The van der Waals surface area contributed by atoms with Gasteiger partial charge in [0.15, 0.2) is 11.5 Å². The predicted molar refractivity (Wildman–Crippen MR) is 72.2 cm³/mol. The molecular formula is C14H23NO3. The van der Waals surface area contributed by atoms with Crippen LogP contribution in [0.25, 0.3) is 0 Å². The Morgan fingerprint density at radius 1 is 1.22 bits per heavy atom. The molecule has 0 amide bonds. The second kappa shape index (κ2) is 6.61. The van der Waals surface area contributed by atoms with Crippen LogP contribution in [0.1, 0.15) is 26.3 Å². The minimum absolute atomic E-state index is 0.00349. The van der Waals surface area contributed by atoms with Gasteiger partial charge in [0, 0.05) is 12.1 Å². The summed E-state index contributed by atoms with van der Waals surface area (Å²) in [5, 5.41) is 12.2. The SMILES string of the molecule is COc1cc(CNC(C)(C)C)ccc1OCCO. The molecule has 0 saturated heterocycles. The highest BCUT2D eigenvalue weighted by molar-refractivity contribution is 5.43. The zero-order valence-corrected chi connectivity index (χ0v) is 11.6. The molecule has 1 aromatic rings. The topological polar surface area (TPSA) is 50.7 Å². The van der Waals surface area contributed by atoms with E-state index in [2.05, 4.69) is 26.1 Å². The summed E-state index contributed by atoms with van der Waals surface area (Å²) in [4.78, 5) is 0. The summed E-state index contributed by atoms with van der Waals surface area (Å²) in [7, 11) is 1.61. The summed E-state index contributed by atoms with van der Waals surface area (Å²) < 4.78 is 10.7. The fourth-order valence-corrected chi connectivity index (χ4v) is 1.46. The molecule has 2 N–H and O–H groups in total. The Bertz CT molecular complexity index is 372. The molecule has 0 aliphatic heterocycles. The van der Waals surface area contributed by atoms with Crippen LogP contribution in [0.2, 0.25) is 0 Å². The van der Waals surface area contributed by atoms with Gasteiger partial charge in [-0.1, -0.05) is 6.07 Å². The van der Waals surface area contributed by atoms with E-state index in [1.54, 1.807) is 7.11 Å². The maximum Gasteiger partial charge on any atom is 0.161 e. The number of hydrogen-bond donors (Lipinski definition) is 2. The van der Waals surface area contributed by atoms with E-state index in [0.717, 1.165) is 12.1 Å². The average Bonchev–Trinajstić information content (AvgIpc) is 2.33. The van der Waals surface area contributed by atoms with Crippen molar-refractivity contribution in [3.63, 3.8) is 0 Å². The predicted octanol–water partition coefficient (Wildman–Crippen LogP) is 1.95. The Morgan fingerprint density at radius 2 is 1.94 bits per heavy atom. The van der Waals surface area contributed by atoms with E-state index in [1.807, 2.05) is 18.2 Å². The van der Waals surface area contributed by atoms with Crippen LogP contribution in [0.15, 0.2) is 18.2 Å². The molecule has 4 nitrogen and oxygen atoms in total. The molecule has 0 heterocycles. The summed E-state index contributed by atoms with van der Waals surface area (Å²) in [5.41, 5.74) is 1.22. The van der Waals surface area contributed by atoms with Crippen LogP contribution in [0.4, 0.5) is 0 Å². The van der Waals surface area contributed by atoms with Gasteiger partial charge in [-0.15, -0.1) is 0 Å². The molecule has 0 saturated carbocycles. The van der Waals surface area contributed by atoms with Gasteiger partial charge in [-0.05, 0) is 38.5 Å². The first-order valence-corrected chi connectivity index (χ1v) is 6.12. The van der Waals surface area contributed by atoms with Crippen molar-refractivity contribution >= 4 is 0 Å². The lowest BCUT2D eigenvalue weighted by molar-refractivity contribution is 0.196. The van der Waals surface area contributed by atoms with E-state index in [-0.39, 0.29) is 18.8 Å². The highest BCUT2D eigenvalue weighted by Crippen LogP contribution is 2.28. The summed E-state index contributed by atoms with van der Waals surface area (Å²) in [6.07, 6.45) is 0. The van der Waals surface area contributed by atoms with E-state index in [4.69, 9.17) is 14.6 Å². The fourth-order valence-electron chi connectivity index (χ4n) is 1.46. The molecule has 0 radical (unpaired) electrons. The minimum atomic E-state index is -0.00349. The van der Waals surface area contributed by atoms with Crippen molar-refractivity contribution in [1.82, 2.24) is 5.32 Å². The highest BCUT2D eigenvalue weighted by atomic mass is 16.5. The van der Waals surface area contributed by atoms with Crippen molar-refractivity contribution in [3.05, 3.63) is 23.8 Å². The van der Waals surface area contributed by atoms with E-state index in [1.165, 1.54) is 0 Å². The third-order valence-electron chi connectivity index (χ3n) is 2.40. The smallest absolute Gasteiger partial charge is 0.161 e. The zero-order valence-electron chi connectivity index (χ0n) is 11.6. The summed E-state index contributed by atoms with van der Waals surface area (Å²) in [6, 6.07) is 5.81. The van der Waals surface area contributed by atoms with Crippen LogP contribution in [-0.4, -0.2) is 31.0 Å². The maximum atomic E-state index is 8.74. The van der Waals surface area contributed by atoms with Crippen molar-refractivity contribution in [3.8, 4) is 11.5 Å². The monoisotopic (exact) mass is 253 g/mol. The molecule has 18 heavy (non-hydrogen) atoms. The number of aliphatic hydroxyl groups is 1. The van der Waals surface area contributed by atoms with Gasteiger partial charge in [0.2, 0.25) is 0 Å². The Labute approximate surface area is 109 Å². The van der Waals surface area contributed by atoms with Gasteiger partial charge in [-0.3, -0.25) is 0 Å². The summed E-state index contributed by atoms with van der Waals surface area (Å²) in [5.74, 6) is 1.35. The Hall–Kier alpha value is -1.26. The van der Waals surface area contributed by atoms with Crippen LogP contribution < -0.4 is 14.8 Å². The number of methoxy groups -OCH3 is 1. The number of nitrogens with one attached hydrogen (secondary N) is 1. The Balaban J connectivity index is 2.72. The highest BCUT2D eigenvalue weighted by Gasteiger charge is 2.10. The van der Waals surface area contributed by atoms with Crippen LogP contribution in [0.3, 0.4) is 0 Å². The lowest BCUT2D eigenvalue weighted by Gasteiger charge is -2.21. The standard InChI is InChI=1S/C14H23NO3/c1-14(2,3)15-10-11-5-6-12(18-8-7-16)13(9-11)17-4/h5-6,9,15-16H,7-8,10H2,1-4H3. The van der Waals surface area contributed by atoms with Crippen LogP contribution >= 0.6 is 0 Å². The van der Waals surface area contributed by atoms with Gasteiger partial charge in [-0.2, -0.15) is 0 Å². The van der Waals surface area contributed by atoms with Gasteiger partial charge < -0.3 is 19.9 Å².